The highest BCUT2D eigenvalue weighted by molar-refractivity contribution is 5.95. The van der Waals surface area contributed by atoms with Gasteiger partial charge in [0.15, 0.2) is 5.82 Å². The molecule has 2 N–H and O–H groups in total. The molecule has 2 unspecified atom stereocenters. The van der Waals surface area contributed by atoms with Crippen molar-refractivity contribution in [3.05, 3.63) is 29.3 Å². The fourth-order valence-corrected chi connectivity index (χ4v) is 2.73. The lowest BCUT2D eigenvalue weighted by Crippen LogP contribution is -2.36. The molecule has 0 radical (unpaired) electrons. The number of anilines is 1. The first-order valence-electron chi connectivity index (χ1n) is 6.90. The minimum absolute atomic E-state index is 0.213. The zero-order valence-electron chi connectivity index (χ0n) is 11.7. The van der Waals surface area contributed by atoms with E-state index < -0.39 is 41.0 Å². The van der Waals surface area contributed by atoms with Crippen LogP contribution in [-0.2, 0) is 9.59 Å². The largest absolute Gasteiger partial charge is 0.481 e. The summed E-state index contributed by atoms with van der Waals surface area (Å²) in [6.45, 7) is 1.46. The van der Waals surface area contributed by atoms with E-state index in [4.69, 9.17) is 5.11 Å². The Kier molecular flexibility index (Phi) is 4.55. The molecule has 0 heterocycles. The molecule has 0 spiro atoms. The third-order valence-corrected chi connectivity index (χ3v) is 3.95. The van der Waals surface area contributed by atoms with Gasteiger partial charge in [0.1, 0.15) is 11.5 Å². The van der Waals surface area contributed by atoms with Gasteiger partial charge in [-0.3, -0.25) is 9.59 Å². The first kappa shape index (κ1) is 15.4. The average molecular weight is 297 g/mol. The van der Waals surface area contributed by atoms with Crippen molar-refractivity contribution in [3.8, 4) is 0 Å². The number of carbonyl (C=O) groups is 2. The topological polar surface area (TPSA) is 66.4 Å². The van der Waals surface area contributed by atoms with Crippen LogP contribution in [0, 0.1) is 30.4 Å². The molecule has 114 valence electrons. The van der Waals surface area contributed by atoms with Crippen LogP contribution in [0.5, 0.6) is 0 Å². The Bertz CT molecular complexity index is 574. The van der Waals surface area contributed by atoms with E-state index in [-0.39, 0.29) is 5.56 Å². The van der Waals surface area contributed by atoms with E-state index in [1.54, 1.807) is 0 Å². The van der Waals surface area contributed by atoms with Gasteiger partial charge < -0.3 is 10.4 Å². The molecular formula is C15H17F2NO3. The van der Waals surface area contributed by atoms with Crippen LogP contribution < -0.4 is 5.32 Å². The van der Waals surface area contributed by atoms with Crippen LogP contribution in [-0.4, -0.2) is 17.0 Å². The zero-order chi connectivity index (χ0) is 15.6. The number of aliphatic carboxylic acids is 1. The van der Waals surface area contributed by atoms with E-state index in [2.05, 4.69) is 5.32 Å². The van der Waals surface area contributed by atoms with Gasteiger partial charge in [-0.1, -0.05) is 18.9 Å². The normalized spacial score (nSPS) is 21.9. The molecule has 1 saturated carbocycles. The number of carboxylic acid groups (broad SMARTS) is 1. The summed E-state index contributed by atoms with van der Waals surface area (Å²) in [5.41, 5.74) is -0.292. The molecule has 1 fully saturated rings. The molecular weight excluding hydrogens is 280 g/mol. The summed E-state index contributed by atoms with van der Waals surface area (Å²) < 4.78 is 27.5. The molecule has 0 bridgehead atoms. The molecule has 1 aliphatic carbocycles. The predicted molar refractivity (Wildman–Crippen MR) is 72.8 cm³/mol. The van der Waals surface area contributed by atoms with Crippen molar-refractivity contribution >= 4 is 17.6 Å². The van der Waals surface area contributed by atoms with Crippen molar-refractivity contribution in [1.82, 2.24) is 0 Å². The monoisotopic (exact) mass is 297 g/mol. The molecule has 1 aromatic carbocycles. The Morgan fingerprint density at radius 2 is 1.81 bits per heavy atom. The summed E-state index contributed by atoms with van der Waals surface area (Å²) in [5, 5.41) is 11.4. The molecule has 2 atom stereocenters. The molecule has 1 aliphatic rings. The Labute approximate surface area is 121 Å². The first-order valence-corrected chi connectivity index (χ1v) is 6.90. The van der Waals surface area contributed by atoms with Crippen LogP contribution in [0.3, 0.4) is 0 Å². The summed E-state index contributed by atoms with van der Waals surface area (Å²) in [5.74, 6) is -4.92. The number of carboxylic acids is 1. The number of nitrogens with one attached hydrogen (secondary N) is 1. The van der Waals surface area contributed by atoms with Gasteiger partial charge in [0, 0.05) is 0 Å². The molecule has 1 aromatic rings. The quantitative estimate of drug-likeness (QED) is 0.901. The van der Waals surface area contributed by atoms with Crippen LogP contribution >= 0.6 is 0 Å². The zero-order valence-corrected chi connectivity index (χ0v) is 11.7. The lowest BCUT2D eigenvalue weighted by molar-refractivity contribution is -0.147. The fourth-order valence-electron chi connectivity index (χ4n) is 2.73. The van der Waals surface area contributed by atoms with Crippen LogP contribution in [0.15, 0.2) is 12.1 Å². The lowest BCUT2D eigenvalue weighted by Gasteiger charge is -2.27. The second-order valence-corrected chi connectivity index (χ2v) is 5.38. The molecule has 0 aromatic heterocycles. The summed E-state index contributed by atoms with van der Waals surface area (Å²) in [7, 11) is 0. The van der Waals surface area contributed by atoms with Crippen LogP contribution in [0.1, 0.15) is 31.2 Å². The Morgan fingerprint density at radius 1 is 1.19 bits per heavy atom. The van der Waals surface area contributed by atoms with E-state index in [0.717, 1.165) is 18.9 Å². The standard InChI is InChI=1S/C15H17F2NO3/c1-8-6-7-11(16)13(12(8)17)18-14(19)9-4-2-3-5-10(9)15(20)21/h6-7,9-10H,2-5H2,1H3,(H,18,19)(H,20,21). The molecule has 1 amide bonds. The molecule has 0 saturated heterocycles. The Hall–Kier alpha value is -1.98. The second-order valence-electron chi connectivity index (χ2n) is 5.38. The van der Waals surface area contributed by atoms with Crippen molar-refractivity contribution in [2.45, 2.75) is 32.6 Å². The van der Waals surface area contributed by atoms with Gasteiger partial charge in [0.2, 0.25) is 5.91 Å². The third-order valence-electron chi connectivity index (χ3n) is 3.95. The van der Waals surface area contributed by atoms with E-state index in [1.807, 2.05) is 0 Å². The van der Waals surface area contributed by atoms with Crippen molar-refractivity contribution in [2.24, 2.45) is 11.8 Å². The number of amides is 1. The minimum atomic E-state index is -1.04. The molecule has 6 heteroatoms. The van der Waals surface area contributed by atoms with Gasteiger partial charge in [-0.2, -0.15) is 0 Å². The molecule has 4 nitrogen and oxygen atoms in total. The minimum Gasteiger partial charge on any atom is -0.481 e. The van der Waals surface area contributed by atoms with Crippen LogP contribution in [0.25, 0.3) is 0 Å². The van der Waals surface area contributed by atoms with Gasteiger partial charge in [0.25, 0.3) is 0 Å². The van der Waals surface area contributed by atoms with Crippen LogP contribution in [0.4, 0.5) is 14.5 Å². The van der Waals surface area contributed by atoms with Crippen molar-refractivity contribution in [1.29, 1.82) is 0 Å². The van der Waals surface area contributed by atoms with Crippen molar-refractivity contribution < 1.29 is 23.5 Å². The van der Waals surface area contributed by atoms with E-state index >= 15 is 0 Å². The fraction of sp³-hybridized carbons (Fsp3) is 0.467. The predicted octanol–water partition coefficient (Wildman–Crippen LogP) is 3.10. The Balaban J connectivity index is 2.21. The van der Waals surface area contributed by atoms with Gasteiger partial charge in [0.05, 0.1) is 11.8 Å². The third kappa shape index (κ3) is 3.20. The summed E-state index contributed by atoms with van der Waals surface area (Å²) in [6.07, 6.45) is 2.30. The van der Waals surface area contributed by atoms with Gasteiger partial charge in [-0.25, -0.2) is 8.78 Å². The van der Waals surface area contributed by atoms with Gasteiger partial charge >= 0.3 is 5.97 Å². The summed E-state index contributed by atoms with van der Waals surface area (Å²) in [4.78, 5) is 23.4. The highest BCUT2D eigenvalue weighted by Crippen LogP contribution is 2.32. The summed E-state index contributed by atoms with van der Waals surface area (Å²) in [6, 6.07) is 2.35. The molecule has 21 heavy (non-hydrogen) atoms. The summed E-state index contributed by atoms with van der Waals surface area (Å²) >= 11 is 0. The lowest BCUT2D eigenvalue weighted by atomic mass is 9.78. The molecule has 2 rings (SSSR count). The maximum Gasteiger partial charge on any atom is 0.307 e. The maximum atomic E-state index is 13.9. The van der Waals surface area contributed by atoms with Gasteiger partial charge in [-0.05, 0) is 31.4 Å². The van der Waals surface area contributed by atoms with Gasteiger partial charge in [-0.15, -0.1) is 0 Å². The molecule has 0 aliphatic heterocycles. The van der Waals surface area contributed by atoms with E-state index in [0.29, 0.717) is 12.8 Å². The van der Waals surface area contributed by atoms with Crippen LogP contribution in [0.2, 0.25) is 0 Å². The number of carbonyl (C=O) groups excluding carboxylic acids is 1. The second kappa shape index (κ2) is 6.20. The van der Waals surface area contributed by atoms with E-state index in [9.17, 15) is 18.4 Å². The van der Waals surface area contributed by atoms with Crippen molar-refractivity contribution in [3.63, 3.8) is 0 Å². The number of hydrogen-bond acceptors (Lipinski definition) is 2. The SMILES string of the molecule is Cc1ccc(F)c(NC(=O)C2CCCCC2C(=O)O)c1F. The average Bonchev–Trinajstić information content (AvgIpc) is 2.47. The van der Waals surface area contributed by atoms with Crippen molar-refractivity contribution in [2.75, 3.05) is 5.32 Å². The smallest absolute Gasteiger partial charge is 0.307 e. The highest BCUT2D eigenvalue weighted by atomic mass is 19.1. The first-order chi connectivity index (χ1) is 9.91. The number of benzene rings is 1. The van der Waals surface area contributed by atoms with E-state index in [1.165, 1.54) is 13.0 Å². The number of aryl methyl sites for hydroxylation is 1. The number of halogens is 2. The number of rotatable bonds is 3. The highest BCUT2D eigenvalue weighted by Gasteiger charge is 2.36. The Morgan fingerprint density at radius 3 is 2.43 bits per heavy atom. The number of hydrogen-bond donors (Lipinski definition) is 2. The maximum absolute atomic E-state index is 13.9.